The van der Waals surface area contributed by atoms with E-state index in [4.69, 9.17) is 5.73 Å². The highest BCUT2D eigenvalue weighted by Crippen LogP contribution is 2.37. The fourth-order valence-electron chi connectivity index (χ4n) is 3.38. The van der Waals surface area contributed by atoms with Gasteiger partial charge in [0.2, 0.25) is 5.91 Å². The molecule has 1 fully saturated rings. The topological polar surface area (TPSA) is 46.3 Å². The molecule has 1 saturated carbocycles. The molecule has 1 aromatic rings. The van der Waals surface area contributed by atoms with E-state index in [1.807, 2.05) is 11.0 Å². The third-order valence-electron chi connectivity index (χ3n) is 4.84. The van der Waals surface area contributed by atoms with Crippen LogP contribution < -0.4 is 5.73 Å². The van der Waals surface area contributed by atoms with Crippen LogP contribution in [0.5, 0.6) is 0 Å². The summed E-state index contributed by atoms with van der Waals surface area (Å²) < 4.78 is 0. The highest BCUT2D eigenvalue weighted by atomic mass is 16.2. The van der Waals surface area contributed by atoms with E-state index in [0.29, 0.717) is 6.54 Å². The Balaban J connectivity index is 2.00. The first-order valence-corrected chi connectivity index (χ1v) is 8.25. The van der Waals surface area contributed by atoms with Gasteiger partial charge in [0, 0.05) is 19.6 Å². The van der Waals surface area contributed by atoms with Gasteiger partial charge in [0.1, 0.15) is 0 Å². The van der Waals surface area contributed by atoms with Gasteiger partial charge in [0.05, 0.1) is 5.41 Å². The largest absolute Gasteiger partial charge is 0.342 e. The summed E-state index contributed by atoms with van der Waals surface area (Å²) in [5.41, 5.74) is 6.99. The molecule has 116 valence electrons. The molecule has 1 aromatic carbocycles. The summed E-state index contributed by atoms with van der Waals surface area (Å²) in [7, 11) is 0. The predicted octanol–water partition coefficient (Wildman–Crippen LogP) is 2.99. The Morgan fingerprint density at radius 1 is 1.19 bits per heavy atom. The molecule has 0 atom stereocenters. The lowest BCUT2D eigenvalue weighted by molar-refractivity contribution is -0.143. The summed E-state index contributed by atoms with van der Waals surface area (Å²) >= 11 is 0. The van der Waals surface area contributed by atoms with Gasteiger partial charge in [-0.15, -0.1) is 0 Å². The summed E-state index contributed by atoms with van der Waals surface area (Å²) in [6, 6.07) is 10.4. The SMILES string of the molecule is CCN(CCc1ccccc1)C(=O)C1(CN)CCCCC1. The molecular formula is C18H28N2O. The second kappa shape index (κ2) is 7.60. The van der Waals surface area contributed by atoms with Gasteiger partial charge in [0.25, 0.3) is 0 Å². The second-order valence-corrected chi connectivity index (χ2v) is 6.17. The van der Waals surface area contributed by atoms with Gasteiger partial charge in [-0.2, -0.15) is 0 Å². The molecule has 1 aliphatic rings. The number of carbonyl (C=O) groups excluding carboxylic acids is 1. The number of rotatable bonds is 6. The zero-order valence-electron chi connectivity index (χ0n) is 13.2. The summed E-state index contributed by atoms with van der Waals surface area (Å²) in [6.07, 6.45) is 6.36. The highest BCUT2D eigenvalue weighted by molar-refractivity contribution is 5.83. The van der Waals surface area contributed by atoms with Gasteiger partial charge in [-0.1, -0.05) is 49.6 Å². The van der Waals surface area contributed by atoms with Crippen molar-refractivity contribution < 1.29 is 4.79 Å². The fourth-order valence-corrected chi connectivity index (χ4v) is 3.38. The molecule has 3 heteroatoms. The average molecular weight is 288 g/mol. The minimum Gasteiger partial charge on any atom is -0.342 e. The number of nitrogens with two attached hydrogens (primary N) is 1. The van der Waals surface area contributed by atoms with E-state index in [0.717, 1.165) is 45.2 Å². The number of hydrogen-bond donors (Lipinski definition) is 1. The van der Waals surface area contributed by atoms with Gasteiger partial charge in [-0.25, -0.2) is 0 Å². The molecule has 1 aliphatic carbocycles. The Morgan fingerprint density at radius 2 is 1.86 bits per heavy atom. The number of carbonyl (C=O) groups is 1. The quantitative estimate of drug-likeness (QED) is 0.874. The van der Waals surface area contributed by atoms with E-state index in [-0.39, 0.29) is 11.3 Å². The van der Waals surface area contributed by atoms with Crippen molar-refractivity contribution in [1.29, 1.82) is 0 Å². The first-order valence-electron chi connectivity index (χ1n) is 8.25. The van der Waals surface area contributed by atoms with Crippen LogP contribution in [0.15, 0.2) is 30.3 Å². The maximum atomic E-state index is 12.9. The van der Waals surface area contributed by atoms with Crippen molar-refractivity contribution in [2.75, 3.05) is 19.6 Å². The number of nitrogens with zero attached hydrogens (tertiary/aromatic N) is 1. The molecule has 0 aliphatic heterocycles. The van der Waals surface area contributed by atoms with Crippen molar-refractivity contribution in [1.82, 2.24) is 4.90 Å². The van der Waals surface area contributed by atoms with Gasteiger partial charge in [-0.3, -0.25) is 4.79 Å². The van der Waals surface area contributed by atoms with Crippen LogP contribution in [0.1, 0.15) is 44.6 Å². The molecule has 0 aromatic heterocycles. The first-order chi connectivity index (χ1) is 10.2. The number of hydrogen-bond acceptors (Lipinski definition) is 2. The molecule has 0 saturated heterocycles. The Bertz CT molecular complexity index is 438. The zero-order chi connectivity index (χ0) is 15.1. The molecule has 1 amide bonds. The van der Waals surface area contributed by atoms with E-state index < -0.39 is 0 Å². The predicted molar refractivity (Wildman–Crippen MR) is 87.0 cm³/mol. The highest BCUT2D eigenvalue weighted by Gasteiger charge is 2.40. The molecular weight excluding hydrogens is 260 g/mol. The lowest BCUT2D eigenvalue weighted by Gasteiger charge is -2.38. The van der Waals surface area contributed by atoms with Gasteiger partial charge in [0.15, 0.2) is 0 Å². The van der Waals surface area contributed by atoms with E-state index >= 15 is 0 Å². The van der Waals surface area contributed by atoms with E-state index in [1.54, 1.807) is 0 Å². The Labute approximate surface area is 128 Å². The third kappa shape index (κ3) is 3.85. The van der Waals surface area contributed by atoms with Crippen molar-refractivity contribution in [3.8, 4) is 0 Å². The van der Waals surface area contributed by atoms with Gasteiger partial charge < -0.3 is 10.6 Å². The Hall–Kier alpha value is -1.35. The van der Waals surface area contributed by atoms with Crippen molar-refractivity contribution in [3.05, 3.63) is 35.9 Å². The lowest BCUT2D eigenvalue weighted by Crippen LogP contribution is -2.49. The molecule has 0 bridgehead atoms. The minimum atomic E-state index is -0.287. The van der Waals surface area contributed by atoms with E-state index in [2.05, 4.69) is 31.2 Å². The third-order valence-corrected chi connectivity index (χ3v) is 4.84. The molecule has 2 N–H and O–H groups in total. The molecule has 21 heavy (non-hydrogen) atoms. The van der Waals surface area contributed by atoms with E-state index in [9.17, 15) is 4.79 Å². The maximum absolute atomic E-state index is 12.9. The van der Waals surface area contributed by atoms with Crippen LogP contribution in [-0.2, 0) is 11.2 Å². The molecule has 3 nitrogen and oxygen atoms in total. The molecule has 2 rings (SSSR count). The second-order valence-electron chi connectivity index (χ2n) is 6.17. The van der Waals surface area contributed by atoms with Crippen LogP contribution in [0.4, 0.5) is 0 Å². The van der Waals surface area contributed by atoms with Crippen LogP contribution in [0.2, 0.25) is 0 Å². The number of amides is 1. The molecule has 0 heterocycles. The molecule has 0 spiro atoms. The molecule has 0 radical (unpaired) electrons. The number of likely N-dealkylation sites (N-methyl/N-ethyl adjacent to an activating group) is 1. The standard InChI is InChI=1S/C18H28N2O/c1-2-20(14-11-16-9-5-3-6-10-16)17(21)18(15-19)12-7-4-8-13-18/h3,5-6,9-10H,2,4,7-8,11-15,19H2,1H3. The van der Waals surface area contributed by atoms with Crippen LogP contribution in [-0.4, -0.2) is 30.4 Å². The molecule has 0 unspecified atom stereocenters. The summed E-state index contributed by atoms with van der Waals surface area (Å²) in [5.74, 6) is 0.281. The van der Waals surface area contributed by atoms with Crippen molar-refractivity contribution in [3.63, 3.8) is 0 Å². The van der Waals surface area contributed by atoms with Crippen LogP contribution in [0.25, 0.3) is 0 Å². The maximum Gasteiger partial charge on any atom is 0.230 e. The minimum absolute atomic E-state index is 0.281. The van der Waals surface area contributed by atoms with Gasteiger partial charge in [-0.05, 0) is 31.7 Å². The van der Waals surface area contributed by atoms with E-state index in [1.165, 1.54) is 12.0 Å². The Morgan fingerprint density at radius 3 is 2.43 bits per heavy atom. The Kier molecular flexibility index (Phi) is 5.80. The summed E-state index contributed by atoms with van der Waals surface area (Å²) in [6.45, 7) is 4.12. The van der Waals surface area contributed by atoms with Crippen molar-refractivity contribution in [2.24, 2.45) is 11.1 Å². The van der Waals surface area contributed by atoms with Crippen molar-refractivity contribution >= 4 is 5.91 Å². The average Bonchev–Trinajstić information content (AvgIpc) is 2.56. The smallest absolute Gasteiger partial charge is 0.230 e. The normalized spacial score (nSPS) is 17.4. The summed E-state index contributed by atoms with van der Waals surface area (Å²) in [4.78, 5) is 15.0. The zero-order valence-corrected chi connectivity index (χ0v) is 13.2. The number of benzene rings is 1. The first kappa shape index (κ1) is 16.0. The monoisotopic (exact) mass is 288 g/mol. The van der Waals surface area contributed by atoms with Crippen LogP contribution >= 0.6 is 0 Å². The summed E-state index contributed by atoms with van der Waals surface area (Å²) in [5, 5.41) is 0. The fraction of sp³-hybridized carbons (Fsp3) is 0.611. The van der Waals surface area contributed by atoms with Gasteiger partial charge >= 0.3 is 0 Å². The van der Waals surface area contributed by atoms with Crippen molar-refractivity contribution in [2.45, 2.75) is 45.4 Å². The van der Waals surface area contributed by atoms with Crippen LogP contribution in [0.3, 0.4) is 0 Å². The van der Waals surface area contributed by atoms with Crippen LogP contribution in [0, 0.1) is 5.41 Å². The lowest BCUT2D eigenvalue weighted by atomic mass is 9.73.